The van der Waals surface area contributed by atoms with Gasteiger partial charge >= 0.3 is 0 Å². The average Bonchev–Trinajstić information content (AvgIpc) is 3.06. The highest BCUT2D eigenvalue weighted by molar-refractivity contribution is 6.30. The summed E-state index contributed by atoms with van der Waals surface area (Å²) in [5.41, 5.74) is 5.18. The van der Waals surface area contributed by atoms with Crippen LogP contribution in [-0.4, -0.2) is 26.7 Å². The van der Waals surface area contributed by atoms with Crippen LogP contribution < -0.4 is 0 Å². The maximum absolute atomic E-state index is 6.27. The number of allylic oxidation sites excluding steroid dienone is 2. The third kappa shape index (κ3) is 3.17. The van der Waals surface area contributed by atoms with Crippen molar-refractivity contribution in [1.29, 1.82) is 0 Å². The molecule has 0 saturated heterocycles. The van der Waals surface area contributed by atoms with Gasteiger partial charge < -0.3 is 0 Å². The van der Waals surface area contributed by atoms with Crippen molar-refractivity contribution in [3.63, 3.8) is 0 Å². The van der Waals surface area contributed by atoms with Gasteiger partial charge in [-0.05, 0) is 61.2 Å². The van der Waals surface area contributed by atoms with Crippen LogP contribution >= 0.6 is 11.6 Å². The molecule has 5 heteroatoms. The van der Waals surface area contributed by atoms with E-state index in [4.69, 9.17) is 11.6 Å². The molecule has 0 fully saturated rings. The molecule has 0 spiro atoms. The minimum Gasteiger partial charge on any atom is -0.295 e. The van der Waals surface area contributed by atoms with Crippen LogP contribution in [-0.2, 0) is 13.1 Å². The van der Waals surface area contributed by atoms with E-state index in [0.29, 0.717) is 5.92 Å². The fraction of sp³-hybridized carbons (Fsp3) is 0.304. The molecule has 0 N–H and O–H groups in total. The fourth-order valence-electron chi connectivity index (χ4n) is 4.43. The highest BCUT2D eigenvalue weighted by Gasteiger charge is 2.28. The van der Waals surface area contributed by atoms with E-state index in [1.807, 2.05) is 6.07 Å². The van der Waals surface area contributed by atoms with Gasteiger partial charge in [-0.25, -0.2) is 0 Å². The molecule has 0 amide bonds. The van der Waals surface area contributed by atoms with Gasteiger partial charge in [0.1, 0.15) is 5.82 Å². The van der Waals surface area contributed by atoms with Gasteiger partial charge in [0.05, 0.1) is 12.2 Å². The maximum atomic E-state index is 6.27. The van der Waals surface area contributed by atoms with Crippen LogP contribution in [0.15, 0.2) is 54.6 Å². The summed E-state index contributed by atoms with van der Waals surface area (Å²) in [5, 5.41) is 9.98. The molecule has 0 unspecified atom stereocenters. The van der Waals surface area contributed by atoms with Crippen molar-refractivity contribution >= 4 is 17.2 Å². The summed E-state index contributed by atoms with van der Waals surface area (Å²) < 4.78 is 2.28. The second-order valence-corrected chi connectivity index (χ2v) is 8.26. The standard InChI is InChI=1S/C23H23ClN4/c1-27-14-19-13-20(24)11-12-21(19)28-22(15-27)25-26-23(28)18-9-7-17(8-10-18)16-5-3-2-4-6-16/h2-7,11-13,18H,8-10,14-15H2,1H3/t18-/m1/s1. The number of benzene rings is 2. The number of rotatable bonds is 2. The predicted octanol–water partition coefficient (Wildman–Crippen LogP) is 5.22. The highest BCUT2D eigenvalue weighted by Crippen LogP contribution is 2.37. The molecule has 1 aliphatic heterocycles. The van der Waals surface area contributed by atoms with Crippen LogP contribution in [0.2, 0.25) is 5.02 Å². The van der Waals surface area contributed by atoms with Crippen molar-refractivity contribution < 1.29 is 0 Å². The van der Waals surface area contributed by atoms with Crippen LogP contribution in [0.4, 0.5) is 0 Å². The zero-order valence-electron chi connectivity index (χ0n) is 16.0. The lowest BCUT2D eigenvalue weighted by Crippen LogP contribution is -2.16. The van der Waals surface area contributed by atoms with E-state index in [1.54, 1.807) is 0 Å². The first-order valence-electron chi connectivity index (χ1n) is 9.85. The van der Waals surface area contributed by atoms with Crippen molar-refractivity contribution in [2.75, 3.05) is 7.05 Å². The van der Waals surface area contributed by atoms with Gasteiger partial charge in [-0.2, -0.15) is 0 Å². The molecule has 3 aromatic rings. The van der Waals surface area contributed by atoms with Crippen molar-refractivity contribution in [3.8, 4) is 5.69 Å². The Labute approximate surface area is 170 Å². The Hall–Kier alpha value is -2.43. The highest BCUT2D eigenvalue weighted by atomic mass is 35.5. The molecule has 142 valence electrons. The maximum Gasteiger partial charge on any atom is 0.151 e. The molecule has 2 heterocycles. The lowest BCUT2D eigenvalue weighted by Gasteiger charge is -2.23. The molecule has 28 heavy (non-hydrogen) atoms. The summed E-state index contributed by atoms with van der Waals surface area (Å²) in [6.45, 7) is 1.65. The Morgan fingerprint density at radius 2 is 1.89 bits per heavy atom. The first-order chi connectivity index (χ1) is 13.7. The number of hydrogen-bond acceptors (Lipinski definition) is 3. The zero-order chi connectivity index (χ0) is 19.1. The Morgan fingerprint density at radius 1 is 1.04 bits per heavy atom. The number of aromatic nitrogens is 3. The molecule has 2 aliphatic rings. The molecule has 2 aromatic carbocycles. The van der Waals surface area contributed by atoms with E-state index in [-0.39, 0.29) is 0 Å². The Morgan fingerprint density at radius 3 is 2.68 bits per heavy atom. The number of halogens is 1. The number of nitrogens with zero attached hydrogens (tertiary/aromatic N) is 4. The predicted molar refractivity (Wildman–Crippen MR) is 113 cm³/mol. The molecular weight excluding hydrogens is 368 g/mol. The average molecular weight is 391 g/mol. The van der Waals surface area contributed by atoms with Gasteiger partial charge in [0.25, 0.3) is 0 Å². The van der Waals surface area contributed by atoms with Gasteiger partial charge in [0, 0.05) is 17.5 Å². The molecule has 5 rings (SSSR count). The first kappa shape index (κ1) is 17.7. The van der Waals surface area contributed by atoms with E-state index in [2.05, 4.69) is 75.3 Å². The van der Waals surface area contributed by atoms with Crippen molar-refractivity contribution in [3.05, 3.63) is 82.4 Å². The molecule has 1 aliphatic carbocycles. The van der Waals surface area contributed by atoms with Gasteiger partial charge in [-0.3, -0.25) is 9.47 Å². The van der Waals surface area contributed by atoms with E-state index in [1.165, 1.54) is 22.4 Å². The van der Waals surface area contributed by atoms with E-state index in [0.717, 1.165) is 49.0 Å². The molecule has 0 bridgehead atoms. The summed E-state index contributed by atoms with van der Waals surface area (Å²) in [5.74, 6) is 2.48. The van der Waals surface area contributed by atoms with Crippen LogP contribution in [0.1, 0.15) is 48.0 Å². The number of fused-ring (bicyclic) bond motifs is 3. The van der Waals surface area contributed by atoms with Crippen LogP contribution in [0.5, 0.6) is 0 Å². The van der Waals surface area contributed by atoms with Gasteiger partial charge in [-0.15, -0.1) is 10.2 Å². The molecular formula is C23H23ClN4. The first-order valence-corrected chi connectivity index (χ1v) is 10.2. The Kier molecular flexibility index (Phi) is 4.53. The van der Waals surface area contributed by atoms with Crippen LogP contribution in [0, 0.1) is 0 Å². The van der Waals surface area contributed by atoms with Gasteiger partial charge in [0.2, 0.25) is 0 Å². The Bertz CT molecular complexity index is 1040. The smallest absolute Gasteiger partial charge is 0.151 e. The monoisotopic (exact) mass is 390 g/mol. The number of hydrogen-bond donors (Lipinski definition) is 0. The molecule has 0 saturated carbocycles. The van der Waals surface area contributed by atoms with E-state index >= 15 is 0 Å². The minimum atomic E-state index is 0.389. The lowest BCUT2D eigenvalue weighted by atomic mass is 9.86. The van der Waals surface area contributed by atoms with Crippen LogP contribution in [0.3, 0.4) is 0 Å². The summed E-state index contributed by atoms with van der Waals surface area (Å²) in [4.78, 5) is 2.26. The zero-order valence-corrected chi connectivity index (χ0v) is 16.7. The largest absolute Gasteiger partial charge is 0.295 e. The normalized spacial score (nSPS) is 19.5. The third-order valence-corrected chi connectivity index (χ3v) is 6.04. The minimum absolute atomic E-state index is 0.389. The summed E-state index contributed by atoms with van der Waals surface area (Å²) in [6, 6.07) is 16.8. The molecule has 1 aromatic heterocycles. The van der Waals surface area contributed by atoms with E-state index < -0.39 is 0 Å². The molecule has 1 atom stereocenters. The van der Waals surface area contributed by atoms with Crippen molar-refractivity contribution in [2.45, 2.75) is 38.3 Å². The molecule has 0 radical (unpaired) electrons. The SMILES string of the molecule is CN1Cc2cc(Cl)ccc2-n2c(nnc2[C@@H]2CC=C(c3ccccc3)CC2)C1. The van der Waals surface area contributed by atoms with Gasteiger partial charge in [0.15, 0.2) is 5.82 Å². The summed E-state index contributed by atoms with van der Waals surface area (Å²) in [6.07, 6.45) is 5.56. The second kappa shape index (κ2) is 7.19. The van der Waals surface area contributed by atoms with Crippen molar-refractivity contribution in [2.24, 2.45) is 0 Å². The van der Waals surface area contributed by atoms with E-state index in [9.17, 15) is 0 Å². The Balaban J connectivity index is 1.51. The van der Waals surface area contributed by atoms with Crippen LogP contribution in [0.25, 0.3) is 11.3 Å². The summed E-state index contributed by atoms with van der Waals surface area (Å²) in [7, 11) is 2.12. The lowest BCUT2D eigenvalue weighted by molar-refractivity contribution is 0.315. The topological polar surface area (TPSA) is 34.0 Å². The summed E-state index contributed by atoms with van der Waals surface area (Å²) >= 11 is 6.27. The van der Waals surface area contributed by atoms with Gasteiger partial charge in [-0.1, -0.05) is 48.0 Å². The third-order valence-electron chi connectivity index (χ3n) is 5.81. The quantitative estimate of drug-likeness (QED) is 0.601. The van der Waals surface area contributed by atoms with Crippen molar-refractivity contribution in [1.82, 2.24) is 19.7 Å². The molecule has 4 nitrogen and oxygen atoms in total. The second-order valence-electron chi connectivity index (χ2n) is 7.82. The fourth-order valence-corrected chi connectivity index (χ4v) is 4.62.